The van der Waals surface area contributed by atoms with Crippen LogP contribution in [0.2, 0.25) is 0 Å². The zero-order valence-corrected chi connectivity index (χ0v) is 13.2. The highest BCUT2D eigenvalue weighted by molar-refractivity contribution is 5.23. The minimum absolute atomic E-state index is 0.261. The van der Waals surface area contributed by atoms with Crippen LogP contribution in [-0.2, 0) is 6.42 Å². The zero-order valence-electron chi connectivity index (χ0n) is 13.2. The Hall–Kier alpha value is -1.68. The summed E-state index contributed by atoms with van der Waals surface area (Å²) in [4.78, 5) is 4.52. The minimum atomic E-state index is 0.261. The van der Waals surface area contributed by atoms with Gasteiger partial charge in [0, 0.05) is 18.4 Å². The van der Waals surface area contributed by atoms with E-state index in [1.807, 2.05) is 6.92 Å². The van der Waals surface area contributed by atoms with Gasteiger partial charge in [0.15, 0.2) is 5.82 Å². The summed E-state index contributed by atoms with van der Waals surface area (Å²) in [5, 5.41) is 4.09. The van der Waals surface area contributed by atoms with E-state index in [0.717, 1.165) is 37.4 Å². The van der Waals surface area contributed by atoms with Crippen molar-refractivity contribution >= 4 is 0 Å². The van der Waals surface area contributed by atoms with Gasteiger partial charge in [-0.05, 0) is 32.3 Å². The van der Waals surface area contributed by atoms with Crippen molar-refractivity contribution in [2.45, 2.75) is 58.4 Å². The highest BCUT2D eigenvalue weighted by atomic mass is 16.5. The van der Waals surface area contributed by atoms with Crippen molar-refractivity contribution in [3.8, 4) is 0 Å². The molecule has 2 atom stereocenters. The summed E-state index contributed by atoms with van der Waals surface area (Å²) < 4.78 is 5.39. The number of hydrogen-bond acceptors (Lipinski definition) is 4. The van der Waals surface area contributed by atoms with Crippen molar-refractivity contribution in [3.63, 3.8) is 0 Å². The van der Waals surface area contributed by atoms with Gasteiger partial charge in [-0.2, -0.15) is 4.98 Å². The maximum absolute atomic E-state index is 5.77. The smallest absolute Gasteiger partial charge is 0.229 e. The molecule has 1 heterocycles. The maximum atomic E-state index is 5.77. The summed E-state index contributed by atoms with van der Waals surface area (Å²) >= 11 is 0. The van der Waals surface area contributed by atoms with Crippen LogP contribution in [-0.4, -0.2) is 16.2 Å². The highest BCUT2D eigenvalue weighted by Gasteiger charge is 2.14. The van der Waals surface area contributed by atoms with Gasteiger partial charge in [0.25, 0.3) is 0 Å². The van der Waals surface area contributed by atoms with E-state index in [4.69, 9.17) is 10.3 Å². The summed E-state index contributed by atoms with van der Waals surface area (Å²) in [6, 6.07) is 8.69. The lowest BCUT2D eigenvalue weighted by molar-refractivity contribution is 0.346. The largest absolute Gasteiger partial charge is 0.339 e. The summed E-state index contributed by atoms with van der Waals surface area (Å²) in [6.07, 6.45) is 3.88. The molecule has 0 spiro atoms. The zero-order chi connectivity index (χ0) is 15.2. The summed E-state index contributed by atoms with van der Waals surface area (Å²) in [5.41, 5.74) is 8.23. The molecule has 114 valence electrons. The van der Waals surface area contributed by atoms with Crippen LogP contribution in [0.15, 0.2) is 28.8 Å². The third-order valence-electron chi connectivity index (χ3n) is 3.68. The Labute approximate surface area is 126 Å². The second kappa shape index (κ2) is 7.36. The van der Waals surface area contributed by atoms with Crippen LogP contribution in [0.4, 0.5) is 0 Å². The molecule has 4 heteroatoms. The molecule has 0 bridgehead atoms. The molecule has 2 unspecified atom stereocenters. The van der Waals surface area contributed by atoms with E-state index in [2.05, 4.69) is 48.3 Å². The number of nitrogens with two attached hydrogens (primary N) is 1. The van der Waals surface area contributed by atoms with Crippen molar-refractivity contribution in [1.82, 2.24) is 10.1 Å². The van der Waals surface area contributed by atoms with E-state index >= 15 is 0 Å². The third-order valence-corrected chi connectivity index (χ3v) is 3.68. The molecule has 0 saturated heterocycles. The number of nitrogens with zero attached hydrogens (tertiary/aromatic N) is 2. The number of rotatable bonds is 7. The van der Waals surface area contributed by atoms with Gasteiger partial charge >= 0.3 is 0 Å². The molecule has 0 radical (unpaired) electrons. The Kier molecular flexibility index (Phi) is 5.51. The highest BCUT2D eigenvalue weighted by Crippen LogP contribution is 2.20. The molecule has 4 nitrogen and oxygen atoms in total. The summed E-state index contributed by atoms with van der Waals surface area (Å²) in [7, 11) is 0. The van der Waals surface area contributed by atoms with Gasteiger partial charge in [0.05, 0.1) is 0 Å². The second-order valence-electron chi connectivity index (χ2n) is 6.02. The van der Waals surface area contributed by atoms with E-state index in [0.29, 0.717) is 5.92 Å². The Morgan fingerprint density at radius 1 is 1.14 bits per heavy atom. The Bertz CT molecular complexity index is 545. The lowest BCUT2D eigenvalue weighted by atomic mass is 10.0. The van der Waals surface area contributed by atoms with Crippen molar-refractivity contribution in [3.05, 3.63) is 47.1 Å². The topological polar surface area (TPSA) is 64.9 Å². The first-order valence-electron chi connectivity index (χ1n) is 7.68. The van der Waals surface area contributed by atoms with Crippen LogP contribution in [0.1, 0.15) is 61.9 Å². The van der Waals surface area contributed by atoms with E-state index in [1.54, 1.807) is 0 Å². The third kappa shape index (κ3) is 4.97. The molecule has 0 aliphatic heterocycles. The first-order chi connectivity index (χ1) is 10.0. The van der Waals surface area contributed by atoms with Crippen molar-refractivity contribution in [2.24, 2.45) is 5.73 Å². The van der Waals surface area contributed by atoms with Crippen LogP contribution in [0.3, 0.4) is 0 Å². The lowest BCUT2D eigenvalue weighted by Crippen LogP contribution is -2.14. The van der Waals surface area contributed by atoms with Crippen LogP contribution < -0.4 is 5.73 Å². The SMILES string of the molecule is Cc1ccc(Cc2noc(C(C)CCCC(C)N)n2)cc1. The van der Waals surface area contributed by atoms with Gasteiger partial charge in [0.1, 0.15) is 0 Å². The Morgan fingerprint density at radius 2 is 1.86 bits per heavy atom. The molecule has 2 N–H and O–H groups in total. The molecule has 2 rings (SSSR count). The molecule has 2 aromatic rings. The fourth-order valence-electron chi connectivity index (χ4n) is 2.30. The van der Waals surface area contributed by atoms with Gasteiger partial charge < -0.3 is 10.3 Å². The van der Waals surface area contributed by atoms with Gasteiger partial charge in [-0.25, -0.2) is 0 Å². The first kappa shape index (κ1) is 15.7. The normalized spacial score (nSPS) is 14.1. The van der Waals surface area contributed by atoms with Crippen molar-refractivity contribution in [1.29, 1.82) is 0 Å². The Morgan fingerprint density at radius 3 is 2.52 bits per heavy atom. The van der Waals surface area contributed by atoms with Gasteiger partial charge in [-0.15, -0.1) is 0 Å². The average Bonchev–Trinajstić information content (AvgIpc) is 2.89. The average molecular weight is 287 g/mol. The second-order valence-corrected chi connectivity index (χ2v) is 6.02. The predicted molar refractivity (Wildman–Crippen MR) is 84.2 cm³/mol. The molecule has 1 aromatic heterocycles. The van der Waals surface area contributed by atoms with Crippen LogP contribution in [0, 0.1) is 6.92 Å². The van der Waals surface area contributed by atoms with Gasteiger partial charge in [0.2, 0.25) is 5.89 Å². The fourth-order valence-corrected chi connectivity index (χ4v) is 2.30. The minimum Gasteiger partial charge on any atom is -0.339 e. The fraction of sp³-hybridized carbons (Fsp3) is 0.529. The quantitative estimate of drug-likeness (QED) is 0.845. The molecular formula is C17H25N3O. The molecule has 0 aliphatic rings. The molecule has 21 heavy (non-hydrogen) atoms. The van der Waals surface area contributed by atoms with Crippen LogP contribution >= 0.6 is 0 Å². The van der Waals surface area contributed by atoms with Crippen LogP contribution in [0.5, 0.6) is 0 Å². The molecular weight excluding hydrogens is 262 g/mol. The number of aryl methyl sites for hydroxylation is 1. The molecule has 0 amide bonds. The van der Waals surface area contributed by atoms with Crippen molar-refractivity contribution in [2.75, 3.05) is 0 Å². The van der Waals surface area contributed by atoms with E-state index < -0.39 is 0 Å². The van der Waals surface area contributed by atoms with Gasteiger partial charge in [-0.1, -0.05) is 48.3 Å². The Balaban J connectivity index is 1.89. The van der Waals surface area contributed by atoms with Gasteiger partial charge in [-0.3, -0.25) is 0 Å². The number of aromatic nitrogens is 2. The van der Waals surface area contributed by atoms with Crippen molar-refractivity contribution < 1.29 is 4.52 Å². The molecule has 0 fully saturated rings. The molecule has 1 aromatic carbocycles. The monoisotopic (exact) mass is 287 g/mol. The first-order valence-corrected chi connectivity index (χ1v) is 7.68. The molecule has 0 aliphatic carbocycles. The molecule has 0 saturated carbocycles. The summed E-state index contributed by atoms with van der Waals surface area (Å²) in [5.74, 6) is 1.79. The summed E-state index contributed by atoms with van der Waals surface area (Å²) in [6.45, 7) is 6.25. The number of benzene rings is 1. The maximum Gasteiger partial charge on any atom is 0.229 e. The van der Waals surface area contributed by atoms with Crippen LogP contribution in [0.25, 0.3) is 0 Å². The number of hydrogen-bond donors (Lipinski definition) is 1. The van der Waals surface area contributed by atoms with E-state index in [1.165, 1.54) is 11.1 Å². The lowest BCUT2D eigenvalue weighted by Gasteiger charge is -2.07. The standard InChI is InChI=1S/C17H25N3O/c1-12-7-9-15(10-8-12)11-16-19-17(21-20-16)13(2)5-4-6-14(3)18/h7-10,13-14H,4-6,11,18H2,1-3H3. The van der Waals surface area contributed by atoms with E-state index in [-0.39, 0.29) is 6.04 Å². The predicted octanol–water partition coefficient (Wildman–Crippen LogP) is 3.59. The van der Waals surface area contributed by atoms with E-state index in [9.17, 15) is 0 Å².